The van der Waals surface area contributed by atoms with Crippen molar-refractivity contribution in [3.63, 3.8) is 0 Å². The van der Waals surface area contributed by atoms with Gasteiger partial charge in [-0.2, -0.15) is 0 Å². The van der Waals surface area contributed by atoms with Gasteiger partial charge >= 0.3 is 0 Å². The van der Waals surface area contributed by atoms with E-state index in [1.54, 1.807) is 0 Å². The Balaban J connectivity index is 2.28. The van der Waals surface area contributed by atoms with Crippen LogP contribution in [0.1, 0.15) is 40.0 Å². The maximum atomic E-state index is 5.89. The summed E-state index contributed by atoms with van der Waals surface area (Å²) in [4.78, 5) is 2.51. The smallest absolute Gasteiger partial charge is 0.0707 e. The van der Waals surface area contributed by atoms with Gasteiger partial charge in [0.25, 0.3) is 0 Å². The van der Waals surface area contributed by atoms with Gasteiger partial charge in [0.1, 0.15) is 0 Å². The molecular weight excluding hydrogens is 200 g/mol. The second-order valence-corrected chi connectivity index (χ2v) is 5.06. The van der Waals surface area contributed by atoms with E-state index in [4.69, 9.17) is 10.5 Å². The van der Waals surface area contributed by atoms with Crippen LogP contribution in [0.25, 0.3) is 0 Å². The van der Waals surface area contributed by atoms with E-state index in [1.807, 2.05) is 0 Å². The molecule has 0 radical (unpaired) electrons. The summed E-state index contributed by atoms with van der Waals surface area (Å²) in [6, 6.07) is 0. The van der Waals surface area contributed by atoms with Gasteiger partial charge in [-0.05, 0) is 25.3 Å². The fourth-order valence-electron chi connectivity index (χ4n) is 2.28. The molecule has 1 rings (SSSR count). The van der Waals surface area contributed by atoms with Crippen molar-refractivity contribution in [1.82, 2.24) is 4.90 Å². The molecule has 1 aliphatic heterocycles. The number of hydrogen-bond acceptors (Lipinski definition) is 3. The molecule has 96 valence electrons. The predicted octanol–water partition coefficient (Wildman–Crippen LogP) is 1.86. The predicted molar refractivity (Wildman–Crippen MR) is 68.5 cm³/mol. The lowest BCUT2D eigenvalue weighted by Gasteiger charge is -2.26. The van der Waals surface area contributed by atoms with Crippen LogP contribution in [0.5, 0.6) is 0 Å². The van der Waals surface area contributed by atoms with Crippen LogP contribution >= 0.6 is 0 Å². The Morgan fingerprint density at radius 3 is 2.50 bits per heavy atom. The zero-order valence-electron chi connectivity index (χ0n) is 11.1. The SMILES string of the molecule is CCC(C)CN(CC)CC1CCC(CN)O1. The first-order chi connectivity index (χ1) is 7.69. The molecule has 2 N–H and O–H groups in total. The van der Waals surface area contributed by atoms with Gasteiger partial charge in [0.2, 0.25) is 0 Å². The third kappa shape index (κ3) is 4.40. The highest BCUT2D eigenvalue weighted by Gasteiger charge is 2.25. The van der Waals surface area contributed by atoms with Crippen LogP contribution in [0.2, 0.25) is 0 Å². The Kier molecular flexibility index (Phi) is 6.32. The molecule has 3 nitrogen and oxygen atoms in total. The molecule has 0 amide bonds. The minimum atomic E-state index is 0.312. The number of nitrogens with two attached hydrogens (primary N) is 1. The van der Waals surface area contributed by atoms with E-state index in [2.05, 4.69) is 25.7 Å². The first-order valence-electron chi connectivity index (χ1n) is 6.77. The van der Waals surface area contributed by atoms with Gasteiger partial charge in [0.15, 0.2) is 0 Å². The maximum Gasteiger partial charge on any atom is 0.0707 e. The average molecular weight is 228 g/mol. The molecule has 0 saturated carbocycles. The molecule has 3 heteroatoms. The average Bonchev–Trinajstić information content (AvgIpc) is 2.75. The molecule has 1 heterocycles. The van der Waals surface area contributed by atoms with E-state index < -0.39 is 0 Å². The Morgan fingerprint density at radius 1 is 1.31 bits per heavy atom. The fraction of sp³-hybridized carbons (Fsp3) is 1.00. The molecule has 3 atom stereocenters. The molecule has 0 spiro atoms. The number of ether oxygens (including phenoxy) is 1. The first-order valence-corrected chi connectivity index (χ1v) is 6.77. The second kappa shape index (κ2) is 7.25. The molecular formula is C13H28N2O. The van der Waals surface area contributed by atoms with Crippen LogP contribution in [0.4, 0.5) is 0 Å². The summed E-state index contributed by atoms with van der Waals surface area (Å²) >= 11 is 0. The van der Waals surface area contributed by atoms with Crippen LogP contribution in [0.15, 0.2) is 0 Å². The summed E-state index contributed by atoms with van der Waals surface area (Å²) in [6.07, 6.45) is 4.30. The van der Waals surface area contributed by atoms with Gasteiger partial charge in [-0.15, -0.1) is 0 Å². The Hall–Kier alpha value is -0.120. The lowest BCUT2D eigenvalue weighted by Crippen LogP contribution is -2.36. The summed E-state index contributed by atoms with van der Waals surface area (Å²) < 4.78 is 5.89. The highest BCUT2D eigenvalue weighted by Crippen LogP contribution is 2.20. The number of rotatable bonds is 7. The molecule has 1 fully saturated rings. The van der Waals surface area contributed by atoms with Crippen molar-refractivity contribution in [2.45, 2.75) is 52.2 Å². The molecule has 0 bridgehead atoms. The molecule has 0 aromatic heterocycles. The van der Waals surface area contributed by atoms with E-state index in [0.29, 0.717) is 18.8 Å². The van der Waals surface area contributed by atoms with E-state index in [-0.39, 0.29) is 0 Å². The second-order valence-electron chi connectivity index (χ2n) is 5.06. The highest BCUT2D eigenvalue weighted by molar-refractivity contribution is 4.77. The minimum Gasteiger partial charge on any atom is -0.372 e. The molecule has 1 aliphatic rings. The Bertz CT molecular complexity index is 187. The lowest BCUT2D eigenvalue weighted by atomic mass is 10.1. The van der Waals surface area contributed by atoms with Gasteiger partial charge in [0.05, 0.1) is 12.2 Å². The van der Waals surface area contributed by atoms with Gasteiger partial charge < -0.3 is 15.4 Å². The minimum absolute atomic E-state index is 0.312. The molecule has 0 aromatic rings. The van der Waals surface area contributed by atoms with Crippen LogP contribution < -0.4 is 5.73 Å². The number of hydrogen-bond donors (Lipinski definition) is 1. The third-order valence-corrected chi connectivity index (χ3v) is 3.63. The first kappa shape index (κ1) is 13.9. The van der Waals surface area contributed by atoms with Gasteiger partial charge in [0, 0.05) is 19.6 Å². The molecule has 0 aromatic carbocycles. The van der Waals surface area contributed by atoms with Crippen LogP contribution in [0, 0.1) is 5.92 Å². The number of nitrogens with zero attached hydrogens (tertiary/aromatic N) is 1. The Morgan fingerprint density at radius 2 is 2.00 bits per heavy atom. The van der Waals surface area contributed by atoms with Crippen molar-refractivity contribution in [1.29, 1.82) is 0 Å². The van der Waals surface area contributed by atoms with E-state index in [9.17, 15) is 0 Å². The summed E-state index contributed by atoms with van der Waals surface area (Å²) in [5.74, 6) is 0.784. The summed E-state index contributed by atoms with van der Waals surface area (Å²) in [7, 11) is 0. The summed E-state index contributed by atoms with van der Waals surface area (Å²) in [6.45, 7) is 10.9. The van der Waals surface area contributed by atoms with Crippen LogP contribution in [0.3, 0.4) is 0 Å². The topological polar surface area (TPSA) is 38.5 Å². The molecule has 16 heavy (non-hydrogen) atoms. The van der Waals surface area contributed by atoms with Gasteiger partial charge in [-0.25, -0.2) is 0 Å². The van der Waals surface area contributed by atoms with Gasteiger partial charge in [-0.3, -0.25) is 0 Å². The molecule has 3 unspecified atom stereocenters. The van der Waals surface area contributed by atoms with E-state index in [0.717, 1.165) is 25.4 Å². The van der Waals surface area contributed by atoms with Crippen LogP contribution in [-0.4, -0.2) is 43.3 Å². The monoisotopic (exact) mass is 228 g/mol. The summed E-state index contributed by atoms with van der Waals surface area (Å²) in [5.41, 5.74) is 5.62. The fourth-order valence-corrected chi connectivity index (χ4v) is 2.28. The molecule has 0 aliphatic carbocycles. The number of likely N-dealkylation sites (N-methyl/N-ethyl adjacent to an activating group) is 1. The largest absolute Gasteiger partial charge is 0.372 e. The zero-order valence-corrected chi connectivity index (χ0v) is 11.1. The van der Waals surface area contributed by atoms with Crippen molar-refractivity contribution in [2.24, 2.45) is 11.7 Å². The van der Waals surface area contributed by atoms with E-state index >= 15 is 0 Å². The maximum absolute atomic E-state index is 5.89. The van der Waals surface area contributed by atoms with Crippen LogP contribution in [-0.2, 0) is 4.74 Å². The van der Waals surface area contributed by atoms with Gasteiger partial charge in [-0.1, -0.05) is 27.2 Å². The Labute approximate surface area is 100 Å². The van der Waals surface area contributed by atoms with Crippen molar-refractivity contribution in [2.75, 3.05) is 26.2 Å². The van der Waals surface area contributed by atoms with Crippen molar-refractivity contribution < 1.29 is 4.74 Å². The molecule has 1 saturated heterocycles. The third-order valence-electron chi connectivity index (χ3n) is 3.63. The van der Waals surface area contributed by atoms with E-state index in [1.165, 1.54) is 19.4 Å². The normalized spacial score (nSPS) is 27.6. The highest BCUT2D eigenvalue weighted by atomic mass is 16.5. The summed E-state index contributed by atoms with van der Waals surface area (Å²) in [5, 5.41) is 0. The quantitative estimate of drug-likeness (QED) is 0.723. The lowest BCUT2D eigenvalue weighted by molar-refractivity contribution is 0.0255. The van der Waals surface area contributed by atoms with Crippen molar-refractivity contribution in [3.05, 3.63) is 0 Å². The van der Waals surface area contributed by atoms with Crippen molar-refractivity contribution in [3.8, 4) is 0 Å². The standard InChI is InChI=1S/C13H28N2O/c1-4-11(3)9-15(5-2)10-13-7-6-12(8-14)16-13/h11-13H,4-10,14H2,1-3H3. The van der Waals surface area contributed by atoms with Crippen molar-refractivity contribution >= 4 is 0 Å². The zero-order chi connectivity index (χ0) is 12.0.